The van der Waals surface area contributed by atoms with Crippen LogP contribution in [0.15, 0.2) is 18.2 Å². The summed E-state index contributed by atoms with van der Waals surface area (Å²) >= 11 is 1.61. The third kappa shape index (κ3) is 2.74. The average Bonchev–Trinajstić information content (AvgIpc) is 2.98. The van der Waals surface area contributed by atoms with Crippen LogP contribution in [0.1, 0.15) is 0 Å². The highest BCUT2D eigenvalue weighted by molar-refractivity contribution is 7.22. The van der Waals surface area contributed by atoms with Crippen molar-refractivity contribution in [1.29, 1.82) is 0 Å². The van der Waals surface area contributed by atoms with Crippen LogP contribution in [0, 0.1) is 0 Å². The Morgan fingerprint density at radius 1 is 1.50 bits per heavy atom. The van der Waals surface area contributed by atoms with Crippen LogP contribution in [0.2, 0.25) is 0 Å². The number of likely N-dealkylation sites (N-methyl/N-ethyl adjacent to an activating group) is 1. The quantitative estimate of drug-likeness (QED) is 0.859. The maximum atomic E-state index is 12.1. The van der Waals surface area contributed by atoms with Gasteiger partial charge in [0.25, 0.3) is 5.91 Å². The van der Waals surface area contributed by atoms with Gasteiger partial charge in [0.05, 0.1) is 25.0 Å². The standard InChI is InChI=1S/C15H19N3O3S/c1-17(2)14(19)11-9-18(7-8-21-11)15-16-13-10(20-3)5-4-6-12(13)22-15/h4-6,11H,7-9H2,1-3H3. The number of hydrogen-bond acceptors (Lipinski definition) is 6. The van der Waals surface area contributed by atoms with E-state index in [1.807, 2.05) is 18.2 Å². The molecule has 1 unspecified atom stereocenters. The zero-order valence-corrected chi connectivity index (χ0v) is 13.7. The number of nitrogens with zero attached hydrogens (tertiary/aromatic N) is 3. The molecule has 0 saturated carbocycles. The number of methoxy groups -OCH3 is 1. The first-order valence-corrected chi connectivity index (χ1v) is 7.93. The zero-order chi connectivity index (χ0) is 15.7. The predicted molar refractivity (Wildman–Crippen MR) is 86.8 cm³/mol. The molecule has 6 nitrogen and oxygen atoms in total. The smallest absolute Gasteiger partial charge is 0.253 e. The van der Waals surface area contributed by atoms with E-state index in [1.165, 1.54) is 0 Å². The summed E-state index contributed by atoms with van der Waals surface area (Å²) in [6.07, 6.45) is -0.433. The molecule has 7 heteroatoms. The van der Waals surface area contributed by atoms with Crippen molar-refractivity contribution in [2.45, 2.75) is 6.10 Å². The number of morpholine rings is 1. The van der Waals surface area contributed by atoms with Crippen molar-refractivity contribution >= 4 is 32.6 Å². The molecule has 1 saturated heterocycles. The fourth-order valence-electron chi connectivity index (χ4n) is 2.47. The Kier molecular flexibility index (Phi) is 4.17. The fourth-order valence-corrected chi connectivity index (χ4v) is 3.49. The molecule has 0 aliphatic carbocycles. The number of para-hydroxylation sites is 1. The molecule has 1 aromatic carbocycles. The molecule has 1 aromatic heterocycles. The molecule has 1 aliphatic rings. The van der Waals surface area contributed by atoms with Crippen molar-refractivity contribution in [1.82, 2.24) is 9.88 Å². The van der Waals surface area contributed by atoms with E-state index in [4.69, 9.17) is 9.47 Å². The van der Waals surface area contributed by atoms with Gasteiger partial charge in [0.2, 0.25) is 0 Å². The van der Waals surface area contributed by atoms with Crippen LogP contribution in [-0.2, 0) is 9.53 Å². The van der Waals surface area contributed by atoms with Crippen LogP contribution in [0.5, 0.6) is 5.75 Å². The van der Waals surface area contributed by atoms with Gasteiger partial charge in [-0.25, -0.2) is 4.98 Å². The Balaban J connectivity index is 1.86. The molecule has 118 valence electrons. The SMILES string of the molecule is COc1cccc2sc(N3CCOC(C(=O)N(C)C)C3)nc12. The lowest BCUT2D eigenvalue weighted by molar-refractivity contribution is -0.141. The zero-order valence-electron chi connectivity index (χ0n) is 12.9. The van der Waals surface area contributed by atoms with Gasteiger partial charge in [0.1, 0.15) is 11.3 Å². The number of anilines is 1. The molecule has 2 aromatic rings. The van der Waals surface area contributed by atoms with Gasteiger partial charge in [-0.2, -0.15) is 0 Å². The minimum atomic E-state index is -0.433. The summed E-state index contributed by atoms with van der Waals surface area (Å²) in [5.74, 6) is 0.762. The Hall–Kier alpha value is -1.86. The minimum absolute atomic E-state index is 0.0107. The molecule has 22 heavy (non-hydrogen) atoms. The van der Waals surface area contributed by atoms with Crippen LogP contribution in [0.4, 0.5) is 5.13 Å². The molecule has 0 bridgehead atoms. The van der Waals surface area contributed by atoms with Crippen LogP contribution in [0.25, 0.3) is 10.2 Å². The Labute approximate surface area is 133 Å². The summed E-state index contributed by atoms with van der Waals surface area (Å²) in [7, 11) is 5.13. The predicted octanol–water partition coefficient (Wildman–Crippen LogP) is 1.60. The van der Waals surface area contributed by atoms with E-state index in [-0.39, 0.29) is 5.91 Å². The van der Waals surface area contributed by atoms with Crippen molar-refractivity contribution in [3.8, 4) is 5.75 Å². The second-order valence-electron chi connectivity index (χ2n) is 5.34. The topological polar surface area (TPSA) is 54.9 Å². The van der Waals surface area contributed by atoms with Gasteiger partial charge in [0.15, 0.2) is 11.2 Å². The minimum Gasteiger partial charge on any atom is -0.494 e. The molecule has 3 rings (SSSR count). The number of fused-ring (bicyclic) bond motifs is 1. The maximum absolute atomic E-state index is 12.1. The number of thiazole rings is 1. The molecule has 1 atom stereocenters. The highest BCUT2D eigenvalue weighted by atomic mass is 32.1. The van der Waals surface area contributed by atoms with Gasteiger partial charge in [0, 0.05) is 20.6 Å². The summed E-state index contributed by atoms with van der Waals surface area (Å²) < 4.78 is 12.0. The van der Waals surface area contributed by atoms with Crippen LogP contribution < -0.4 is 9.64 Å². The molecule has 1 fully saturated rings. The van der Waals surface area contributed by atoms with Crippen molar-refractivity contribution in [2.75, 3.05) is 45.8 Å². The van der Waals surface area contributed by atoms with Crippen molar-refractivity contribution < 1.29 is 14.3 Å². The second kappa shape index (κ2) is 6.10. The van der Waals surface area contributed by atoms with E-state index in [0.717, 1.165) is 27.6 Å². The largest absolute Gasteiger partial charge is 0.494 e. The van der Waals surface area contributed by atoms with Gasteiger partial charge in [-0.3, -0.25) is 4.79 Å². The number of carbonyl (C=O) groups excluding carboxylic acids is 1. The van der Waals surface area contributed by atoms with Crippen molar-refractivity contribution in [2.24, 2.45) is 0 Å². The third-order valence-electron chi connectivity index (χ3n) is 3.64. The molecule has 0 spiro atoms. The van der Waals surface area contributed by atoms with Crippen LogP contribution >= 0.6 is 11.3 Å². The van der Waals surface area contributed by atoms with E-state index in [9.17, 15) is 4.79 Å². The number of benzene rings is 1. The van der Waals surface area contributed by atoms with Gasteiger partial charge in [-0.1, -0.05) is 17.4 Å². The van der Waals surface area contributed by atoms with Gasteiger partial charge in [-0.15, -0.1) is 0 Å². The normalized spacial score (nSPS) is 18.5. The van der Waals surface area contributed by atoms with Gasteiger partial charge in [-0.05, 0) is 12.1 Å². The lowest BCUT2D eigenvalue weighted by Crippen LogP contribution is -2.49. The van der Waals surface area contributed by atoms with Gasteiger partial charge < -0.3 is 19.3 Å². The van der Waals surface area contributed by atoms with Crippen molar-refractivity contribution in [3.05, 3.63) is 18.2 Å². The maximum Gasteiger partial charge on any atom is 0.253 e. The Bertz CT molecular complexity index is 686. The number of aromatic nitrogens is 1. The lowest BCUT2D eigenvalue weighted by atomic mass is 10.2. The molecular weight excluding hydrogens is 302 g/mol. The first kappa shape index (κ1) is 15.1. The summed E-state index contributed by atoms with van der Waals surface area (Å²) in [5, 5.41) is 0.902. The summed E-state index contributed by atoms with van der Waals surface area (Å²) in [6.45, 7) is 1.79. The summed E-state index contributed by atoms with van der Waals surface area (Å²) in [6, 6.07) is 5.90. The van der Waals surface area contributed by atoms with E-state index >= 15 is 0 Å². The fraction of sp³-hybridized carbons (Fsp3) is 0.467. The molecule has 0 radical (unpaired) electrons. The monoisotopic (exact) mass is 321 g/mol. The van der Waals surface area contributed by atoms with Crippen LogP contribution in [0.3, 0.4) is 0 Å². The number of carbonyl (C=O) groups is 1. The summed E-state index contributed by atoms with van der Waals surface area (Å²) in [5.41, 5.74) is 0.868. The second-order valence-corrected chi connectivity index (χ2v) is 6.35. The lowest BCUT2D eigenvalue weighted by Gasteiger charge is -2.33. The summed E-state index contributed by atoms with van der Waals surface area (Å²) in [4.78, 5) is 20.4. The highest BCUT2D eigenvalue weighted by Crippen LogP contribution is 2.34. The van der Waals surface area contributed by atoms with E-state index in [0.29, 0.717) is 13.2 Å². The average molecular weight is 321 g/mol. The molecule has 1 amide bonds. The number of amides is 1. The number of rotatable bonds is 3. The molecule has 1 aliphatic heterocycles. The number of hydrogen-bond donors (Lipinski definition) is 0. The van der Waals surface area contributed by atoms with E-state index < -0.39 is 6.10 Å². The Morgan fingerprint density at radius 2 is 2.32 bits per heavy atom. The molecule has 2 heterocycles. The first-order chi connectivity index (χ1) is 10.6. The van der Waals surface area contributed by atoms with E-state index in [2.05, 4.69) is 9.88 Å². The first-order valence-electron chi connectivity index (χ1n) is 7.11. The van der Waals surface area contributed by atoms with Gasteiger partial charge >= 0.3 is 0 Å². The Morgan fingerprint density at radius 3 is 3.05 bits per heavy atom. The highest BCUT2D eigenvalue weighted by Gasteiger charge is 2.29. The number of ether oxygens (including phenoxy) is 2. The molecule has 0 N–H and O–H groups in total. The van der Waals surface area contributed by atoms with Crippen LogP contribution in [-0.4, -0.2) is 62.8 Å². The molecular formula is C15H19N3O3S. The van der Waals surface area contributed by atoms with E-state index in [1.54, 1.807) is 37.4 Å². The van der Waals surface area contributed by atoms with Crippen molar-refractivity contribution in [3.63, 3.8) is 0 Å². The third-order valence-corrected chi connectivity index (χ3v) is 4.73.